The number of carbonyl (C=O) groups excluding carboxylic acids is 1. The summed E-state index contributed by atoms with van der Waals surface area (Å²) < 4.78 is 33.1. The van der Waals surface area contributed by atoms with E-state index in [1.165, 1.54) is 30.3 Å². The van der Waals surface area contributed by atoms with E-state index >= 15 is 0 Å². The van der Waals surface area contributed by atoms with Gasteiger partial charge in [0.15, 0.2) is 0 Å². The highest BCUT2D eigenvalue weighted by atomic mass is 79.9. The van der Waals surface area contributed by atoms with E-state index in [0.717, 1.165) is 0 Å². The summed E-state index contributed by atoms with van der Waals surface area (Å²) in [5.74, 6) is -0.243. The van der Waals surface area contributed by atoms with Crippen LogP contribution in [0.5, 0.6) is 5.75 Å². The molecule has 0 aliphatic rings. The third-order valence-electron chi connectivity index (χ3n) is 3.64. The Hall–Kier alpha value is -2.62. The van der Waals surface area contributed by atoms with E-state index in [0.29, 0.717) is 10.2 Å². The first-order chi connectivity index (χ1) is 12.3. The minimum absolute atomic E-state index is 0.0255. The Balaban J connectivity index is 2.01. The molecule has 134 valence electrons. The molecule has 0 fully saturated rings. The molecule has 3 rings (SSSR count). The van der Waals surface area contributed by atoms with Crippen molar-refractivity contribution in [1.82, 2.24) is 0 Å². The van der Waals surface area contributed by atoms with Crippen molar-refractivity contribution in [3.05, 3.63) is 59.1 Å². The van der Waals surface area contributed by atoms with Crippen LogP contribution in [0.4, 0.5) is 16.2 Å². The molecule has 2 amide bonds. The van der Waals surface area contributed by atoms with Crippen LogP contribution in [0.2, 0.25) is 0 Å². The number of para-hydroxylation sites is 1. The normalized spacial score (nSPS) is 11.3. The summed E-state index contributed by atoms with van der Waals surface area (Å²) in [5.41, 5.74) is 0.543. The van der Waals surface area contributed by atoms with Gasteiger partial charge in [0.2, 0.25) is 0 Å². The lowest BCUT2D eigenvalue weighted by molar-refractivity contribution is 0.262. The number of phenolic OH excluding ortho intramolecular Hbond substituents is 1. The number of carbonyl (C=O) groups is 1. The molecule has 0 bridgehead atoms. The van der Waals surface area contributed by atoms with Crippen molar-refractivity contribution < 1.29 is 22.9 Å². The zero-order chi connectivity index (χ0) is 18.9. The van der Waals surface area contributed by atoms with E-state index in [9.17, 15) is 22.9 Å². The van der Waals surface area contributed by atoms with Crippen molar-refractivity contribution in [3.8, 4) is 5.75 Å². The quantitative estimate of drug-likeness (QED) is 0.362. The van der Waals surface area contributed by atoms with Crippen molar-refractivity contribution >= 4 is 54.2 Å². The van der Waals surface area contributed by atoms with Gasteiger partial charge in [-0.15, -0.1) is 0 Å². The van der Waals surface area contributed by atoms with Crippen LogP contribution in [0.15, 0.2) is 64.0 Å². The molecule has 0 aliphatic heterocycles. The second-order valence-electron chi connectivity index (χ2n) is 5.34. The molecule has 3 aromatic carbocycles. The van der Waals surface area contributed by atoms with Crippen LogP contribution < -0.4 is 10.6 Å². The van der Waals surface area contributed by atoms with Crippen LogP contribution in [0, 0.1) is 0 Å². The number of hydrogen-bond donors (Lipinski definition) is 4. The Morgan fingerprint density at radius 1 is 0.923 bits per heavy atom. The van der Waals surface area contributed by atoms with Gasteiger partial charge in [-0.05, 0) is 46.3 Å². The molecule has 0 saturated heterocycles. The Kier molecular flexibility index (Phi) is 4.86. The highest BCUT2D eigenvalue weighted by Gasteiger charge is 2.18. The van der Waals surface area contributed by atoms with Gasteiger partial charge in [-0.2, -0.15) is 8.42 Å². The van der Waals surface area contributed by atoms with E-state index in [2.05, 4.69) is 26.6 Å². The van der Waals surface area contributed by atoms with Gasteiger partial charge in [0.05, 0.1) is 11.4 Å². The zero-order valence-electron chi connectivity index (χ0n) is 13.1. The maximum Gasteiger partial charge on any atom is 0.323 e. The third kappa shape index (κ3) is 3.64. The van der Waals surface area contributed by atoms with E-state index in [1.807, 2.05) is 0 Å². The molecular weight excluding hydrogens is 424 g/mol. The lowest BCUT2D eigenvalue weighted by Gasteiger charge is -2.13. The van der Waals surface area contributed by atoms with E-state index in [1.54, 1.807) is 24.3 Å². The summed E-state index contributed by atoms with van der Waals surface area (Å²) >= 11 is 3.31. The first kappa shape index (κ1) is 18.2. The maximum absolute atomic E-state index is 12.3. The predicted molar refractivity (Wildman–Crippen MR) is 102 cm³/mol. The fraction of sp³-hybridized carbons (Fsp3) is 0. The molecule has 0 radical (unpaired) electrons. The van der Waals surface area contributed by atoms with Gasteiger partial charge in [0.1, 0.15) is 10.6 Å². The van der Waals surface area contributed by atoms with E-state index in [-0.39, 0.29) is 27.1 Å². The van der Waals surface area contributed by atoms with Gasteiger partial charge in [-0.25, -0.2) is 4.79 Å². The topological polar surface area (TPSA) is 116 Å². The van der Waals surface area contributed by atoms with Gasteiger partial charge >= 0.3 is 6.03 Å². The molecule has 4 N–H and O–H groups in total. The van der Waals surface area contributed by atoms with Crippen LogP contribution >= 0.6 is 15.9 Å². The number of benzene rings is 3. The number of amides is 2. The summed E-state index contributed by atoms with van der Waals surface area (Å²) in [6.07, 6.45) is 0. The molecule has 0 aliphatic carbocycles. The average molecular weight is 437 g/mol. The molecule has 9 heteroatoms. The van der Waals surface area contributed by atoms with E-state index in [4.69, 9.17) is 0 Å². The minimum atomic E-state index is -4.46. The second kappa shape index (κ2) is 6.94. The first-order valence-electron chi connectivity index (χ1n) is 7.32. The predicted octanol–water partition coefficient (Wildman–Crippen LogP) is 4.20. The van der Waals surface area contributed by atoms with Gasteiger partial charge in [-0.1, -0.05) is 24.3 Å². The van der Waals surface area contributed by atoms with Gasteiger partial charge in [0.25, 0.3) is 10.1 Å². The van der Waals surface area contributed by atoms with Crippen molar-refractivity contribution in [2.75, 3.05) is 10.6 Å². The molecular formula is C17H13BrN2O5S. The number of rotatable bonds is 3. The van der Waals surface area contributed by atoms with Crippen LogP contribution in [-0.4, -0.2) is 24.1 Å². The largest absolute Gasteiger partial charge is 0.506 e. The van der Waals surface area contributed by atoms with Crippen LogP contribution in [0.25, 0.3) is 10.8 Å². The fourth-order valence-electron chi connectivity index (χ4n) is 2.50. The number of anilines is 2. The molecule has 0 heterocycles. The Morgan fingerprint density at radius 2 is 1.65 bits per heavy atom. The summed E-state index contributed by atoms with van der Waals surface area (Å²) in [6, 6.07) is 13.1. The zero-order valence-corrected chi connectivity index (χ0v) is 15.5. The lowest BCUT2D eigenvalue weighted by atomic mass is 10.1. The van der Waals surface area contributed by atoms with Crippen LogP contribution in [-0.2, 0) is 10.1 Å². The number of nitrogens with one attached hydrogen (secondary N) is 2. The summed E-state index contributed by atoms with van der Waals surface area (Å²) in [4.78, 5) is 12.0. The van der Waals surface area contributed by atoms with Crippen molar-refractivity contribution in [3.63, 3.8) is 0 Å². The number of halogens is 1. The van der Waals surface area contributed by atoms with Gasteiger partial charge in [0, 0.05) is 15.2 Å². The SMILES string of the molecule is O=C(Nc1ccccc1Br)Nc1c(O)ccc2c(S(=O)(=O)O)cccc12. The average Bonchev–Trinajstić information content (AvgIpc) is 2.58. The lowest BCUT2D eigenvalue weighted by Crippen LogP contribution is -2.20. The highest BCUT2D eigenvalue weighted by molar-refractivity contribution is 9.10. The molecule has 7 nitrogen and oxygen atoms in total. The second-order valence-corrected chi connectivity index (χ2v) is 7.59. The first-order valence-corrected chi connectivity index (χ1v) is 9.55. The molecule has 0 unspecified atom stereocenters. The molecule has 0 aromatic heterocycles. The summed E-state index contributed by atoms with van der Waals surface area (Å²) in [6.45, 7) is 0. The van der Waals surface area contributed by atoms with Gasteiger partial charge < -0.3 is 15.7 Å². The monoisotopic (exact) mass is 436 g/mol. The molecule has 0 atom stereocenters. The number of fused-ring (bicyclic) bond motifs is 1. The molecule has 0 spiro atoms. The van der Waals surface area contributed by atoms with Crippen LogP contribution in [0.3, 0.4) is 0 Å². The smallest absolute Gasteiger partial charge is 0.323 e. The number of hydrogen-bond acceptors (Lipinski definition) is 4. The molecule has 0 saturated carbocycles. The molecule has 26 heavy (non-hydrogen) atoms. The maximum atomic E-state index is 12.3. The molecule has 3 aromatic rings. The Bertz CT molecular complexity index is 1120. The van der Waals surface area contributed by atoms with Crippen molar-refractivity contribution in [1.29, 1.82) is 0 Å². The van der Waals surface area contributed by atoms with E-state index < -0.39 is 16.1 Å². The van der Waals surface area contributed by atoms with Crippen molar-refractivity contribution in [2.24, 2.45) is 0 Å². The highest BCUT2D eigenvalue weighted by Crippen LogP contribution is 2.35. The number of phenols is 1. The summed E-state index contributed by atoms with van der Waals surface area (Å²) in [5, 5.41) is 15.7. The van der Waals surface area contributed by atoms with Crippen molar-refractivity contribution in [2.45, 2.75) is 4.90 Å². The summed E-state index contributed by atoms with van der Waals surface area (Å²) in [7, 11) is -4.46. The third-order valence-corrected chi connectivity index (χ3v) is 5.24. The minimum Gasteiger partial charge on any atom is -0.506 e. The standard InChI is InChI=1S/C17H13BrN2O5S/c18-12-5-1-2-6-13(12)19-17(22)20-16-11-4-3-7-15(26(23,24)25)10(11)8-9-14(16)21/h1-9,21H,(H2,19,20,22)(H,23,24,25). The number of aromatic hydroxyl groups is 1. The Labute approximate surface area is 157 Å². The fourth-order valence-corrected chi connectivity index (χ4v) is 3.59. The Morgan fingerprint density at radius 3 is 2.35 bits per heavy atom. The van der Waals surface area contributed by atoms with Crippen LogP contribution in [0.1, 0.15) is 0 Å². The number of urea groups is 1. The van der Waals surface area contributed by atoms with Gasteiger partial charge in [-0.3, -0.25) is 4.55 Å².